The molecule has 0 fully saturated rings. The first-order valence-electron chi connectivity index (χ1n) is 9.19. The fourth-order valence-corrected chi connectivity index (χ4v) is 3.29. The first-order chi connectivity index (χ1) is 13.8. The molecule has 0 saturated heterocycles. The molecule has 0 unspecified atom stereocenters. The summed E-state index contributed by atoms with van der Waals surface area (Å²) in [4.78, 5) is 26.6. The summed E-state index contributed by atoms with van der Waals surface area (Å²) in [5.74, 6) is -0.921. The quantitative estimate of drug-likeness (QED) is 0.538. The highest BCUT2D eigenvalue weighted by atomic mass is 19.3. The van der Waals surface area contributed by atoms with Crippen LogP contribution >= 0.6 is 0 Å². The van der Waals surface area contributed by atoms with E-state index in [0.29, 0.717) is 5.56 Å². The number of esters is 1. The number of amides is 1. The smallest absolute Gasteiger partial charge is 0.387 e. The molecule has 0 bridgehead atoms. The van der Waals surface area contributed by atoms with E-state index in [1.165, 1.54) is 43.3 Å². The number of hydrogen-bond donors (Lipinski definition) is 0. The van der Waals surface area contributed by atoms with E-state index < -0.39 is 18.7 Å². The van der Waals surface area contributed by atoms with Crippen molar-refractivity contribution in [2.45, 2.75) is 39.0 Å². The molecule has 2 aromatic carbocycles. The van der Waals surface area contributed by atoms with E-state index in [0.717, 1.165) is 17.7 Å². The van der Waals surface area contributed by atoms with E-state index in [2.05, 4.69) is 4.74 Å². The number of alkyl halides is 2. The SMILES string of the molecule is C[C@H](OC(=O)/C=C/c1ccc(OC(F)F)cc1)C(=O)N1c2ccccc2C[C@H]1C. The second-order valence-electron chi connectivity index (χ2n) is 6.75. The van der Waals surface area contributed by atoms with Gasteiger partial charge in [0.25, 0.3) is 5.91 Å². The Kier molecular flexibility index (Phi) is 6.26. The van der Waals surface area contributed by atoms with Gasteiger partial charge in [-0.3, -0.25) is 4.79 Å². The zero-order chi connectivity index (χ0) is 21.0. The van der Waals surface area contributed by atoms with Crippen LogP contribution in [0, 0.1) is 0 Å². The molecule has 2 atom stereocenters. The predicted octanol–water partition coefficient (Wildman–Crippen LogP) is 4.21. The van der Waals surface area contributed by atoms with Crippen LogP contribution in [-0.4, -0.2) is 30.6 Å². The summed E-state index contributed by atoms with van der Waals surface area (Å²) in [5, 5.41) is 0. The molecule has 0 N–H and O–H groups in total. The van der Waals surface area contributed by atoms with Crippen LogP contribution in [0.25, 0.3) is 6.08 Å². The van der Waals surface area contributed by atoms with E-state index in [9.17, 15) is 18.4 Å². The Morgan fingerprint density at radius 2 is 1.83 bits per heavy atom. The number of benzene rings is 2. The van der Waals surface area contributed by atoms with Gasteiger partial charge >= 0.3 is 12.6 Å². The van der Waals surface area contributed by atoms with Crippen LogP contribution in [0.2, 0.25) is 0 Å². The first-order valence-corrected chi connectivity index (χ1v) is 9.19. The number of fused-ring (bicyclic) bond motifs is 1. The Morgan fingerprint density at radius 1 is 1.14 bits per heavy atom. The fourth-order valence-electron chi connectivity index (χ4n) is 3.29. The van der Waals surface area contributed by atoms with Crippen molar-refractivity contribution in [1.29, 1.82) is 0 Å². The van der Waals surface area contributed by atoms with Crippen LogP contribution in [0.15, 0.2) is 54.6 Å². The zero-order valence-corrected chi connectivity index (χ0v) is 16.0. The van der Waals surface area contributed by atoms with Gasteiger partial charge in [0.15, 0.2) is 6.10 Å². The second kappa shape index (κ2) is 8.86. The monoisotopic (exact) mass is 401 g/mol. The number of rotatable bonds is 6. The number of carbonyl (C=O) groups is 2. The van der Waals surface area contributed by atoms with E-state index in [1.807, 2.05) is 31.2 Å². The van der Waals surface area contributed by atoms with Gasteiger partial charge < -0.3 is 14.4 Å². The molecular weight excluding hydrogens is 380 g/mol. The Hall–Kier alpha value is -3.22. The van der Waals surface area contributed by atoms with Gasteiger partial charge in [-0.15, -0.1) is 0 Å². The van der Waals surface area contributed by atoms with E-state index in [-0.39, 0.29) is 17.7 Å². The number of hydrogen-bond acceptors (Lipinski definition) is 4. The van der Waals surface area contributed by atoms with Gasteiger partial charge in [-0.25, -0.2) is 4.79 Å². The van der Waals surface area contributed by atoms with Gasteiger partial charge in [-0.05, 0) is 55.7 Å². The van der Waals surface area contributed by atoms with Gasteiger partial charge in [-0.1, -0.05) is 30.3 Å². The molecule has 1 aliphatic heterocycles. The maximum atomic E-state index is 12.8. The molecule has 2 aromatic rings. The molecule has 1 aliphatic rings. The lowest BCUT2D eigenvalue weighted by molar-refractivity contribution is -0.149. The van der Waals surface area contributed by atoms with E-state index >= 15 is 0 Å². The Morgan fingerprint density at radius 3 is 2.52 bits per heavy atom. The fraction of sp³-hybridized carbons (Fsp3) is 0.273. The van der Waals surface area contributed by atoms with Crippen LogP contribution in [0.4, 0.5) is 14.5 Å². The molecule has 1 heterocycles. The van der Waals surface area contributed by atoms with Crippen LogP contribution in [0.1, 0.15) is 25.0 Å². The van der Waals surface area contributed by atoms with Gasteiger partial charge in [0.2, 0.25) is 0 Å². The van der Waals surface area contributed by atoms with Crippen molar-refractivity contribution < 1.29 is 27.8 Å². The standard InChI is InChI=1S/C22H21F2NO4/c1-14-13-17-5-3-4-6-19(17)25(14)21(27)15(2)28-20(26)12-9-16-7-10-18(11-8-16)29-22(23)24/h3-12,14-15,22H,13H2,1-2H3/b12-9+/t14-,15+/m1/s1. The number of anilines is 1. The highest BCUT2D eigenvalue weighted by molar-refractivity contribution is 6.00. The van der Waals surface area contributed by atoms with E-state index in [4.69, 9.17) is 4.74 Å². The van der Waals surface area contributed by atoms with Crippen LogP contribution in [-0.2, 0) is 20.7 Å². The minimum atomic E-state index is -2.89. The Bertz CT molecular complexity index is 911. The average molecular weight is 401 g/mol. The summed E-state index contributed by atoms with van der Waals surface area (Å²) >= 11 is 0. The van der Waals surface area contributed by atoms with Gasteiger partial charge in [0, 0.05) is 17.8 Å². The molecule has 0 spiro atoms. The highest BCUT2D eigenvalue weighted by Gasteiger charge is 2.34. The number of halogens is 2. The van der Waals surface area contributed by atoms with Crippen molar-refractivity contribution in [3.8, 4) is 5.75 Å². The molecule has 7 heteroatoms. The zero-order valence-electron chi connectivity index (χ0n) is 16.0. The van der Waals surface area contributed by atoms with Gasteiger partial charge in [-0.2, -0.15) is 8.78 Å². The third kappa shape index (κ3) is 4.99. The summed E-state index contributed by atoms with van der Waals surface area (Å²) in [5.41, 5.74) is 2.53. The van der Waals surface area contributed by atoms with Crippen molar-refractivity contribution >= 4 is 23.6 Å². The molecular formula is C22H21F2NO4. The topological polar surface area (TPSA) is 55.8 Å². The van der Waals surface area contributed by atoms with Gasteiger partial charge in [0.05, 0.1) is 0 Å². The Balaban J connectivity index is 1.59. The van der Waals surface area contributed by atoms with Crippen molar-refractivity contribution in [3.63, 3.8) is 0 Å². The summed E-state index contributed by atoms with van der Waals surface area (Å²) < 4.78 is 33.8. The molecule has 5 nitrogen and oxygen atoms in total. The molecule has 29 heavy (non-hydrogen) atoms. The lowest BCUT2D eigenvalue weighted by Crippen LogP contribution is -2.43. The maximum Gasteiger partial charge on any atom is 0.387 e. The van der Waals surface area contributed by atoms with Crippen molar-refractivity contribution in [2.24, 2.45) is 0 Å². The first kappa shape index (κ1) is 20.5. The number of ether oxygens (including phenoxy) is 2. The lowest BCUT2D eigenvalue weighted by Gasteiger charge is -2.25. The highest BCUT2D eigenvalue weighted by Crippen LogP contribution is 2.32. The van der Waals surface area contributed by atoms with E-state index in [1.54, 1.807) is 4.90 Å². The third-order valence-electron chi connectivity index (χ3n) is 4.60. The third-order valence-corrected chi connectivity index (χ3v) is 4.60. The molecule has 3 rings (SSSR count). The normalized spacial score (nSPS) is 16.7. The second-order valence-corrected chi connectivity index (χ2v) is 6.75. The van der Waals surface area contributed by atoms with Gasteiger partial charge in [0.1, 0.15) is 5.75 Å². The summed E-state index contributed by atoms with van der Waals surface area (Å²) in [7, 11) is 0. The maximum absolute atomic E-state index is 12.8. The van der Waals surface area contributed by atoms with Crippen molar-refractivity contribution in [3.05, 3.63) is 65.7 Å². The largest absolute Gasteiger partial charge is 0.449 e. The van der Waals surface area contributed by atoms with Crippen LogP contribution in [0.5, 0.6) is 5.75 Å². The molecule has 0 aromatic heterocycles. The summed E-state index contributed by atoms with van der Waals surface area (Å²) in [6.07, 6.45) is 2.48. The molecule has 0 saturated carbocycles. The average Bonchev–Trinajstić information content (AvgIpc) is 3.02. The summed E-state index contributed by atoms with van der Waals surface area (Å²) in [6.45, 7) is 0.599. The summed E-state index contributed by atoms with van der Waals surface area (Å²) in [6, 6.07) is 13.4. The van der Waals surface area contributed by atoms with Crippen LogP contribution < -0.4 is 9.64 Å². The molecule has 0 aliphatic carbocycles. The predicted molar refractivity (Wildman–Crippen MR) is 105 cm³/mol. The Labute approximate surface area is 167 Å². The minimum Gasteiger partial charge on any atom is -0.449 e. The van der Waals surface area contributed by atoms with Crippen molar-refractivity contribution in [2.75, 3.05) is 4.90 Å². The molecule has 1 amide bonds. The number of carbonyl (C=O) groups excluding carboxylic acids is 2. The van der Waals surface area contributed by atoms with Crippen molar-refractivity contribution in [1.82, 2.24) is 0 Å². The lowest BCUT2D eigenvalue weighted by atomic mass is 10.1. The number of para-hydroxylation sites is 1. The van der Waals surface area contributed by atoms with Crippen LogP contribution in [0.3, 0.4) is 0 Å². The minimum absolute atomic E-state index is 0.00873. The number of nitrogens with zero attached hydrogens (tertiary/aromatic N) is 1. The molecule has 0 radical (unpaired) electrons. The molecule has 152 valence electrons.